The van der Waals surface area contributed by atoms with E-state index in [2.05, 4.69) is 12.2 Å². The molecule has 12 heteroatoms. The number of unbranched alkanes of at least 4 members (excludes halogenated alkanes) is 18. The lowest BCUT2D eigenvalue weighted by atomic mass is 10.0. The molecule has 0 fully saturated rings. The number of ether oxygens (including phenoxy) is 3. The predicted octanol–water partition coefficient (Wildman–Crippen LogP) is 8.30. The molecule has 0 spiro atoms. The summed E-state index contributed by atoms with van der Waals surface area (Å²) in [7, 11) is -0.535. The zero-order chi connectivity index (χ0) is 36.1. The van der Waals surface area contributed by atoms with Crippen molar-refractivity contribution in [1.29, 1.82) is 0 Å². The van der Waals surface area contributed by atoms with E-state index in [9.17, 15) is 14.3 Å². The molecule has 3 N–H and O–H groups in total. The van der Waals surface area contributed by atoms with Crippen molar-refractivity contribution in [1.82, 2.24) is 10.2 Å². The number of hydrogen-bond acceptors (Lipinski definition) is 10. The van der Waals surface area contributed by atoms with Crippen LogP contribution >= 0.6 is 7.82 Å². The van der Waals surface area contributed by atoms with Gasteiger partial charge in [0.1, 0.15) is 12.7 Å². The summed E-state index contributed by atoms with van der Waals surface area (Å²) in [6.07, 6.45) is 24.7. The van der Waals surface area contributed by atoms with Crippen LogP contribution in [0.1, 0.15) is 151 Å². The van der Waals surface area contributed by atoms with Gasteiger partial charge in [-0.2, -0.15) is 0 Å². The molecule has 0 aromatic rings. The van der Waals surface area contributed by atoms with Crippen molar-refractivity contribution in [2.45, 2.75) is 154 Å². The van der Waals surface area contributed by atoms with Crippen molar-refractivity contribution in [3.63, 3.8) is 0 Å². The highest BCUT2D eigenvalue weighted by Gasteiger charge is 2.24. The van der Waals surface area contributed by atoms with Crippen LogP contribution in [-0.2, 0) is 32.6 Å². The number of phosphoric acid groups is 1. The Balaban J connectivity index is -0.0000115. The molecule has 0 radical (unpaired) electrons. The topological polar surface area (TPSA) is 136 Å². The minimum Gasteiger partial charge on any atom is -0.463 e. The third kappa shape index (κ3) is 38.4. The van der Waals surface area contributed by atoms with Crippen molar-refractivity contribution in [2.24, 2.45) is 0 Å². The normalized spacial score (nSPS) is 13.6. The Morgan fingerprint density at radius 2 is 1.24 bits per heavy atom. The van der Waals surface area contributed by atoms with Gasteiger partial charge in [-0.25, -0.2) is 4.57 Å². The van der Waals surface area contributed by atoms with E-state index >= 15 is 0 Å². The first kappa shape index (κ1) is 48.4. The first-order chi connectivity index (χ1) is 23.8. The van der Waals surface area contributed by atoms with Crippen molar-refractivity contribution in [2.75, 3.05) is 80.0 Å². The number of carbonyl (C=O) groups excluding carboxylic acids is 1. The maximum Gasteiger partial charge on any atom is 0.472 e. The Kier molecular flexibility index (Phi) is 36.7. The Labute approximate surface area is 303 Å². The van der Waals surface area contributed by atoms with Crippen molar-refractivity contribution in [3.8, 4) is 0 Å². The van der Waals surface area contributed by atoms with Crippen LogP contribution in [0, 0.1) is 0 Å². The zero-order valence-electron chi connectivity index (χ0n) is 31.9. The van der Waals surface area contributed by atoms with Crippen molar-refractivity contribution < 1.29 is 45.5 Å². The summed E-state index contributed by atoms with van der Waals surface area (Å²) in [5.74, 6) is -0.270. The van der Waals surface area contributed by atoms with E-state index in [-0.39, 0.29) is 35.3 Å². The molecule has 0 aliphatic carbocycles. The highest BCUT2D eigenvalue weighted by molar-refractivity contribution is 7.47. The van der Waals surface area contributed by atoms with E-state index in [4.69, 9.17) is 28.4 Å². The summed E-state index contributed by atoms with van der Waals surface area (Å²) in [6, 6.07) is 0. The number of aliphatic hydroxyl groups is 1. The summed E-state index contributed by atoms with van der Waals surface area (Å²) in [5, 5.41) is 12.1. The van der Waals surface area contributed by atoms with Crippen molar-refractivity contribution in [3.05, 3.63) is 0 Å². The molecule has 0 bridgehead atoms. The SMILES string of the molecule is CCCCCCCCCCCCCCCC(=O)OC[C@H](COP(=O)(O)OCCN(C)C)OCCCCCCCCCNCCCOCCO.[HH].[HH]. The maximum absolute atomic E-state index is 12.4. The molecule has 11 nitrogen and oxygen atoms in total. The average molecular weight is 729 g/mol. The van der Waals surface area contributed by atoms with Gasteiger partial charge in [-0.05, 0) is 52.9 Å². The van der Waals surface area contributed by atoms with Gasteiger partial charge >= 0.3 is 13.8 Å². The van der Waals surface area contributed by atoms with Gasteiger partial charge in [-0.1, -0.05) is 116 Å². The third-order valence-electron chi connectivity index (χ3n) is 8.36. The van der Waals surface area contributed by atoms with E-state index in [0.717, 1.165) is 64.5 Å². The highest BCUT2D eigenvalue weighted by Crippen LogP contribution is 2.43. The first-order valence-corrected chi connectivity index (χ1v) is 21.2. The van der Waals surface area contributed by atoms with Crippen LogP contribution in [0.4, 0.5) is 0 Å². The van der Waals surface area contributed by atoms with Gasteiger partial charge < -0.3 is 34.4 Å². The highest BCUT2D eigenvalue weighted by atomic mass is 31.2. The minimum absolute atomic E-state index is 0. The van der Waals surface area contributed by atoms with Crippen LogP contribution in [0.2, 0.25) is 0 Å². The second kappa shape index (κ2) is 37.1. The standard InChI is InChI=1S/C37H77N2O9P.2H2/c1-4-5-6-7-8-9-10-11-12-13-15-18-21-25-37(41)46-34-36(35-48-49(42,43)47-32-28-39(2)3)45-31-23-20-17-14-16-19-22-26-38-27-24-30-44-33-29-40;;/h36,38,40H,4-35H2,1-3H3,(H,42,43);2*1H/t36-;;/m1../s1. The van der Waals surface area contributed by atoms with Gasteiger partial charge in [-0.3, -0.25) is 13.8 Å². The quantitative estimate of drug-likeness (QED) is 0.0319. The van der Waals surface area contributed by atoms with E-state index < -0.39 is 13.9 Å². The fourth-order valence-corrected chi connectivity index (χ4v) is 6.06. The average Bonchev–Trinajstić information content (AvgIpc) is 3.07. The van der Waals surface area contributed by atoms with Gasteiger partial charge in [0.25, 0.3) is 0 Å². The Morgan fingerprint density at radius 3 is 1.84 bits per heavy atom. The number of rotatable bonds is 40. The lowest BCUT2D eigenvalue weighted by molar-refractivity contribution is -0.149. The van der Waals surface area contributed by atoms with Gasteiger partial charge in [-0.15, -0.1) is 0 Å². The summed E-state index contributed by atoms with van der Waals surface area (Å²) >= 11 is 0. The fraction of sp³-hybridized carbons (Fsp3) is 0.973. The number of phosphoric ester groups is 1. The second-order valence-corrected chi connectivity index (χ2v) is 14.9. The van der Waals surface area contributed by atoms with Crippen LogP contribution in [0.25, 0.3) is 0 Å². The van der Waals surface area contributed by atoms with Crippen LogP contribution in [0.3, 0.4) is 0 Å². The monoisotopic (exact) mass is 729 g/mol. The molecule has 0 aromatic carbocycles. The fourth-order valence-electron chi connectivity index (χ4n) is 5.32. The maximum atomic E-state index is 12.4. The molecule has 0 heterocycles. The largest absolute Gasteiger partial charge is 0.472 e. The van der Waals surface area contributed by atoms with Crippen LogP contribution in [0.15, 0.2) is 0 Å². The number of hydrogen-bond donors (Lipinski definition) is 3. The number of carbonyl (C=O) groups is 1. The number of nitrogens with one attached hydrogen (secondary N) is 1. The number of nitrogens with zero attached hydrogens (tertiary/aromatic N) is 1. The smallest absolute Gasteiger partial charge is 0.463 e. The summed E-state index contributed by atoms with van der Waals surface area (Å²) < 4.78 is 39.2. The molecule has 0 aliphatic heterocycles. The van der Waals surface area contributed by atoms with Gasteiger partial charge in [0.15, 0.2) is 0 Å². The molecular weight excluding hydrogens is 647 g/mol. The number of likely N-dealkylation sites (N-methyl/N-ethyl adjacent to an activating group) is 1. The summed E-state index contributed by atoms with van der Waals surface area (Å²) in [4.78, 5) is 24.3. The lowest BCUT2D eigenvalue weighted by Crippen LogP contribution is -2.27. The third-order valence-corrected chi connectivity index (χ3v) is 9.34. The summed E-state index contributed by atoms with van der Waals surface area (Å²) in [6.45, 7) is 6.21. The molecule has 0 saturated heterocycles. The van der Waals surface area contributed by atoms with E-state index in [1.54, 1.807) is 0 Å². The number of aliphatic hydroxyl groups excluding tert-OH is 1. The van der Waals surface area contributed by atoms with Crippen LogP contribution < -0.4 is 5.32 Å². The molecule has 0 amide bonds. The van der Waals surface area contributed by atoms with E-state index in [0.29, 0.717) is 32.8 Å². The minimum atomic E-state index is -4.24. The molecule has 0 aromatic heterocycles. The second-order valence-electron chi connectivity index (χ2n) is 13.5. The van der Waals surface area contributed by atoms with E-state index in [1.807, 2.05) is 19.0 Å². The molecule has 2 atom stereocenters. The number of esters is 1. The Bertz CT molecular complexity index is 761. The molecule has 49 heavy (non-hydrogen) atoms. The molecule has 0 aliphatic rings. The molecule has 298 valence electrons. The van der Waals surface area contributed by atoms with Gasteiger partial charge in [0.2, 0.25) is 0 Å². The lowest BCUT2D eigenvalue weighted by Gasteiger charge is -2.20. The molecule has 0 saturated carbocycles. The Hall–Kier alpha value is -0.620. The molecule has 0 rings (SSSR count). The van der Waals surface area contributed by atoms with Crippen LogP contribution in [-0.4, -0.2) is 107 Å². The van der Waals surface area contributed by atoms with E-state index in [1.165, 1.54) is 83.5 Å². The van der Waals surface area contributed by atoms with Gasteiger partial charge in [0.05, 0.1) is 26.4 Å². The summed E-state index contributed by atoms with van der Waals surface area (Å²) in [5.41, 5.74) is 0. The molecular formula is C37H81N2O9P. The van der Waals surface area contributed by atoms with Crippen molar-refractivity contribution >= 4 is 13.8 Å². The van der Waals surface area contributed by atoms with Crippen LogP contribution in [0.5, 0.6) is 0 Å². The van der Waals surface area contributed by atoms with Gasteiger partial charge in [0, 0.05) is 29.0 Å². The molecule has 1 unspecified atom stereocenters. The zero-order valence-corrected chi connectivity index (χ0v) is 32.7. The Morgan fingerprint density at radius 1 is 0.694 bits per heavy atom. The predicted molar refractivity (Wildman–Crippen MR) is 203 cm³/mol. The first-order valence-electron chi connectivity index (χ1n) is 19.7.